The number of rotatable bonds is 17. The van der Waals surface area contributed by atoms with E-state index in [1.165, 1.54) is 23.5 Å². The van der Waals surface area contributed by atoms with Gasteiger partial charge in [0.05, 0.1) is 50.8 Å². The standard InChI is InChI=1S/C28H48N2O8S4/c1-5-19(3)37-25(33)23-9-7-11-29(23)27(39)41-17-21(31)15-35-13-14-36-16-22(32)18-42-28(40)30-12-8-10-24(30)26(34)38-20(4)6-2/h19-24,31-32H,5-18H2,1-4H3. The summed E-state index contributed by atoms with van der Waals surface area (Å²) in [5, 5.41) is 20.6. The van der Waals surface area contributed by atoms with Crippen molar-refractivity contribution in [3.05, 3.63) is 0 Å². The molecule has 0 aromatic heterocycles. The zero-order valence-electron chi connectivity index (χ0n) is 25.2. The van der Waals surface area contributed by atoms with Gasteiger partial charge in [0.15, 0.2) is 0 Å². The van der Waals surface area contributed by atoms with Crippen molar-refractivity contribution in [1.29, 1.82) is 0 Å². The van der Waals surface area contributed by atoms with Crippen molar-refractivity contribution in [2.24, 2.45) is 0 Å². The Kier molecular flexibility index (Phi) is 18.1. The predicted molar refractivity (Wildman–Crippen MR) is 175 cm³/mol. The number of ether oxygens (including phenoxy) is 4. The fraction of sp³-hybridized carbons (Fsp3) is 0.857. The lowest BCUT2D eigenvalue weighted by Crippen LogP contribution is -2.40. The van der Waals surface area contributed by atoms with E-state index in [0.717, 1.165) is 38.5 Å². The molecule has 6 unspecified atom stereocenters. The SMILES string of the molecule is CCC(C)OC(=O)C1CCCN1C(=S)SCC(O)COCCOCC(O)CSC(=S)N1CCCC1C(=O)OC(C)CC. The van der Waals surface area contributed by atoms with Crippen molar-refractivity contribution in [3.63, 3.8) is 0 Å². The molecule has 0 spiro atoms. The lowest BCUT2D eigenvalue weighted by molar-refractivity contribution is -0.153. The molecule has 2 aliphatic rings. The van der Waals surface area contributed by atoms with Crippen molar-refractivity contribution < 1.29 is 38.7 Å². The summed E-state index contributed by atoms with van der Waals surface area (Å²) >= 11 is 13.7. The van der Waals surface area contributed by atoms with Crippen molar-refractivity contribution >= 4 is 68.5 Å². The largest absolute Gasteiger partial charge is 0.461 e. The first-order chi connectivity index (χ1) is 20.1. The van der Waals surface area contributed by atoms with Crippen LogP contribution in [0.2, 0.25) is 0 Å². The van der Waals surface area contributed by atoms with E-state index in [4.69, 9.17) is 43.4 Å². The van der Waals surface area contributed by atoms with Gasteiger partial charge in [0.2, 0.25) is 0 Å². The van der Waals surface area contributed by atoms with Crippen molar-refractivity contribution in [2.45, 2.75) is 103 Å². The average Bonchev–Trinajstić information content (AvgIpc) is 3.67. The van der Waals surface area contributed by atoms with Gasteiger partial charge in [-0.25, -0.2) is 9.59 Å². The third kappa shape index (κ3) is 13.1. The van der Waals surface area contributed by atoms with Gasteiger partial charge in [-0.3, -0.25) is 0 Å². The first-order valence-corrected chi connectivity index (χ1v) is 17.6. The summed E-state index contributed by atoms with van der Waals surface area (Å²) in [7, 11) is 0. The molecule has 2 N–H and O–H groups in total. The van der Waals surface area contributed by atoms with Gasteiger partial charge in [-0.2, -0.15) is 0 Å². The molecule has 2 aliphatic heterocycles. The van der Waals surface area contributed by atoms with Crippen LogP contribution in [0.25, 0.3) is 0 Å². The summed E-state index contributed by atoms with van der Waals surface area (Å²) in [5.41, 5.74) is 0. The second kappa shape index (κ2) is 20.3. The molecule has 0 amide bonds. The maximum absolute atomic E-state index is 12.5. The zero-order valence-corrected chi connectivity index (χ0v) is 28.5. The minimum Gasteiger partial charge on any atom is -0.461 e. The number of esters is 2. The Morgan fingerprint density at radius 3 is 1.52 bits per heavy atom. The number of hydrogen-bond donors (Lipinski definition) is 2. The Morgan fingerprint density at radius 2 is 1.17 bits per heavy atom. The molecule has 14 heteroatoms. The van der Waals surface area contributed by atoms with Crippen molar-refractivity contribution in [1.82, 2.24) is 9.80 Å². The lowest BCUT2D eigenvalue weighted by atomic mass is 10.2. The third-order valence-electron chi connectivity index (χ3n) is 7.09. The van der Waals surface area contributed by atoms with E-state index in [9.17, 15) is 19.8 Å². The predicted octanol–water partition coefficient (Wildman–Crippen LogP) is 3.39. The molecule has 0 aromatic carbocycles. The van der Waals surface area contributed by atoms with Gasteiger partial charge in [-0.05, 0) is 52.4 Å². The molecule has 2 fully saturated rings. The average molecular weight is 669 g/mol. The number of thioether (sulfide) groups is 2. The van der Waals surface area contributed by atoms with Gasteiger partial charge in [0.25, 0.3) is 0 Å². The highest BCUT2D eigenvalue weighted by Gasteiger charge is 2.35. The summed E-state index contributed by atoms with van der Waals surface area (Å²) in [5.74, 6) is 0.234. The Balaban J connectivity index is 1.55. The molecule has 0 bridgehead atoms. The van der Waals surface area contributed by atoms with E-state index in [0.29, 0.717) is 33.2 Å². The fourth-order valence-corrected chi connectivity index (χ4v) is 6.81. The van der Waals surface area contributed by atoms with E-state index >= 15 is 0 Å². The molecule has 0 radical (unpaired) electrons. The first kappa shape index (κ1) is 37.4. The van der Waals surface area contributed by atoms with Crippen molar-refractivity contribution in [2.75, 3.05) is 51.0 Å². The van der Waals surface area contributed by atoms with Crippen LogP contribution in [0.15, 0.2) is 0 Å². The van der Waals surface area contributed by atoms with E-state index in [2.05, 4.69) is 0 Å². The highest BCUT2D eigenvalue weighted by molar-refractivity contribution is 8.23. The van der Waals surface area contributed by atoms with Crippen LogP contribution in [-0.4, -0.2) is 128 Å². The van der Waals surface area contributed by atoms with Crippen molar-refractivity contribution in [3.8, 4) is 0 Å². The number of nitrogens with zero attached hydrogens (tertiary/aromatic N) is 2. The van der Waals surface area contributed by atoms with Crippen LogP contribution in [0.4, 0.5) is 0 Å². The van der Waals surface area contributed by atoms with Crippen LogP contribution in [0.5, 0.6) is 0 Å². The monoisotopic (exact) mass is 668 g/mol. The number of carbonyl (C=O) groups excluding carboxylic acids is 2. The highest BCUT2D eigenvalue weighted by atomic mass is 32.2. The molecular formula is C28H48N2O8S4. The molecule has 0 aromatic rings. The molecule has 242 valence electrons. The molecule has 0 aliphatic carbocycles. The van der Waals surface area contributed by atoms with Gasteiger partial charge < -0.3 is 39.0 Å². The zero-order chi connectivity index (χ0) is 31.1. The minimum atomic E-state index is -0.721. The van der Waals surface area contributed by atoms with E-state index < -0.39 is 12.2 Å². The third-order valence-corrected chi connectivity index (χ3v) is 10.3. The molecule has 0 saturated carbocycles. The Morgan fingerprint density at radius 1 is 0.786 bits per heavy atom. The van der Waals surface area contributed by atoms with Crippen LogP contribution in [0.1, 0.15) is 66.2 Å². The Hall–Kier alpha value is -0.740. The molecular weight excluding hydrogens is 621 g/mol. The van der Waals surface area contributed by atoms with E-state index in [-0.39, 0.29) is 62.7 Å². The topological polar surface area (TPSA) is 118 Å². The summed E-state index contributed by atoms with van der Waals surface area (Å²) < 4.78 is 23.2. The molecule has 10 nitrogen and oxygen atoms in total. The fourth-order valence-electron chi connectivity index (χ4n) is 4.33. The van der Waals surface area contributed by atoms with Gasteiger partial charge in [0.1, 0.15) is 20.7 Å². The molecule has 2 rings (SSSR count). The summed E-state index contributed by atoms with van der Waals surface area (Å²) in [6, 6.07) is -0.714. The first-order valence-electron chi connectivity index (χ1n) is 14.9. The smallest absolute Gasteiger partial charge is 0.329 e. The van der Waals surface area contributed by atoms with Gasteiger partial charge >= 0.3 is 11.9 Å². The molecule has 42 heavy (non-hydrogen) atoms. The second-order valence-electron chi connectivity index (χ2n) is 10.6. The molecule has 2 saturated heterocycles. The van der Waals surface area contributed by atoms with E-state index in [1.807, 2.05) is 37.5 Å². The summed E-state index contributed by atoms with van der Waals surface area (Å²) in [4.78, 5) is 28.7. The van der Waals surface area contributed by atoms with Crippen LogP contribution < -0.4 is 0 Å². The number of aliphatic hydroxyl groups is 2. The van der Waals surface area contributed by atoms with Gasteiger partial charge in [-0.1, -0.05) is 61.8 Å². The second-order valence-corrected chi connectivity index (χ2v) is 13.9. The van der Waals surface area contributed by atoms with Gasteiger partial charge in [0, 0.05) is 24.6 Å². The quantitative estimate of drug-likeness (QED) is 0.134. The maximum Gasteiger partial charge on any atom is 0.329 e. The number of carbonyl (C=O) groups is 2. The normalized spacial score (nSPS) is 21.6. The summed E-state index contributed by atoms with van der Waals surface area (Å²) in [6.07, 6.45) is 3.04. The molecule has 2 heterocycles. The lowest BCUT2D eigenvalue weighted by Gasteiger charge is -2.26. The maximum atomic E-state index is 12.5. The van der Waals surface area contributed by atoms with Crippen LogP contribution in [-0.2, 0) is 28.5 Å². The summed E-state index contributed by atoms with van der Waals surface area (Å²) in [6.45, 7) is 9.92. The van der Waals surface area contributed by atoms with Crippen LogP contribution in [0, 0.1) is 0 Å². The Bertz CT molecular complexity index is 802. The van der Waals surface area contributed by atoms with Crippen LogP contribution >= 0.6 is 48.0 Å². The number of aliphatic hydroxyl groups excluding tert-OH is 2. The number of hydrogen-bond acceptors (Lipinski definition) is 12. The number of likely N-dealkylation sites (tertiary alicyclic amines) is 2. The Labute approximate surface area is 269 Å². The van der Waals surface area contributed by atoms with E-state index in [1.54, 1.807) is 0 Å². The molecule has 6 atom stereocenters. The van der Waals surface area contributed by atoms with Crippen LogP contribution in [0.3, 0.4) is 0 Å². The number of thiocarbonyl (C=S) groups is 2. The minimum absolute atomic E-state index is 0.120. The highest BCUT2D eigenvalue weighted by Crippen LogP contribution is 2.26. The van der Waals surface area contributed by atoms with Gasteiger partial charge in [-0.15, -0.1) is 0 Å².